The van der Waals surface area contributed by atoms with E-state index in [1.54, 1.807) is 17.8 Å². The van der Waals surface area contributed by atoms with Gasteiger partial charge in [0.05, 0.1) is 5.69 Å². The zero-order valence-electron chi connectivity index (χ0n) is 17.7. The van der Waals surface area contributed by atoms with Crippen molar-refractivity contribution in [3.05, 3.63) is 47.2 Å². The normalized spacial score (nSPS) is 24.2. The van der Waals surface area contributed by atoms with E-state index in [0.717, 1.165) is 48.0 Å². The van der Waals surface area contributed by atoms with E-state index in [0.29, 0.717) is 22.8 Å². The van der Waals surface area contributed by atoms with Crippen molar-refractivity contribution in [1.29, 1.82) is 0 Å². The molecule has 1 saturated carbocycles. The standard InChI is InChI=1S/C22H26FN5OS/c1-13-5-6-17(18(23)7-13)22-8-16(22)10-28(11-22)9-14(2)30-21-26-25-20(27(21)4)19-15(3)24-12-29-19/h5-7,12,14,16H,8-11H2,1-4H3. The number of piperidine rings is 1. The van der Waals surface area contributed by atoms with E-state index in [1.165, 1.54) is 6.39 Å². The summed E-state index contributed by atoms with van der Waals surface area (Å²) in [4.78, 5) is 6.61. The molecule has 30 heavy (non-hydrogen) atoms. The monoisotopic (exact) mass is 427 g/mol. The lowest BCUT2D eigenvalue weighted by Crippen LogP contribution is -2.32. The molecule has 0 radical (unpaired) electrons. The predicted molar refractivity (Wildman–Crippen MR) is 114 cm³/mol. The van der Waals surface area contributed by atoms with Gasteiger partial charge in [0.25, 0.3) is 0 Å². The van der Waals surface area contributed by atoms with Gasteiger partial charge in [-0.05, 0) is 43.4 Å². The summed E-state index contributed by atoms with van der Waals surface area (Å²) in [5.74, 6) is 1.88. The van der Waals surface area contributed by atoms with E-state index in [9.17, 15) is 4.39 Å². The van der Waals surface area contributed by atoms with Crippen LogP contribution in [0.2, 0.25) is 0 Å². The molecule has 2 fully saturated rings. The Hall–Kier alpha value is -2.19. The molecule has 6 nitrogen and oxygen atoms in total. The minimum absolute atomic E-state index is 0.0178. The zero-order chi connectivity index (χ0) is 21.0. The molecule has 0 spiro atoms. The summed E-state index contributed by atoms with van der Waals surface area (Å²) in [6, 6.07) is 5.70. The van der Waals surface area contributed by atoms with Crippen LogP contribution in [0.4, 0.5) is 4.39 Å². The topological polar surface area (TPSA) is 60.0 Å². The van der Waals surface area contributed by atoms with Gasteiger partial charge in [-0.15, -0.1) is 10.2 Å². The highest BCUT2D eigenvalue weighted by Gasteiger charge is 2.61. The Morgan fingerprint density at radius 1 is 1.33 bits per heavy atom. The molecule has 1 aromatic carbocycles. The number of rotatable bonds is 6. The zero-order valence-corrected chi connectivity index (χ0v) is 18.5. The molecule has 0 bridgehead atoms. The molecule has 3 unspecified atom stereocenters. The highest BCUT2D eigenvalue weighted by atomic mass is 32.2. The first-order valence-corrected chi connectivity index (χ1v) is 11.2. The number of hydrogen-bond acceptors (Lipinski definition) is 6. The Labute approximate surface area is 179 Å². The average molecular weight is 428 g/mol. The van der Waals surface area contributed by atoms with E-state index in [-0.39, 0.29) is 11.2 Å². The van der Waals surface area contributed by atoms with E-state index in [2.05, 4.69) is 27.0 Å². The smallest absolute Gasteiger partial charge is 0.202 e. The van der Waals surface area contributed by atoms with Crippen molar-refractivity contribution in [2.45, 2.75) is 43.0 Å². The summed E-state index contributed by atoms with van der Waals surface area (Å²) in [5.41, 5.74) is 2.71. The summed E-state index contributed by atoms with van der Waals surface area (Å²) >= 11 is 1.71. The van der Waals surface area contributed by atoms with E-state index < -0.39 is 0 Å². The quantitative estimate of drug-likeness (QED) is 0.555. The third kappa shape index (κ3) is 3.26. The lowest BCUT2D eigenvalue weighted by Gasteiger charge is -2.24. The lowest BCUT2D eigenvalue weighted by atomic mass is 9.93. The summed E-state index contributed by atoms with van der Waals surface area (Å²) in [6.45, 7) is 8.97. The number of oxazole rings is 1. The highest BCUT2D eigenvalue weighted by Crippen LogP contribution is 2.59. The fraction of sp³-hybridized carbons (Fsp3) is 0.500. The number of thioether (sulfide) groups is 1. The van der Waals surface area contributed by atoms with Crippen LogP contribution in [0, 0.1) is 25.6 Å². The van der Waals surface area contributed by atoms with Crippen LogP contribution in [-0.2, 0) is 12.5 Å². The number of likely N-dealkylation sites (tertiary alicyclic amines) is 1. The van der Waals surface area contributed by atoms with Crippen molar-refractivity contribution in [2.75, 3.05) is 19.6 Å². The summed E-state index contributed by atoms with van der Waals surface area (Å²) in [7, 11) is 1.95. The van der Waals surface area contributed by atoms with Crippen molar-refractivity contribution < 1.29 is 8.81 Å². The molecule has 5 rings (SSSR count). The molecule has 2 aliphatic rings. The van der Waals surface area contributed by atoms with Crippen molar-refractivity contribution in [3.63, 3.8) is 0 Å². The van der Waals surface area contributed by atoms with Gasteiger partial charge < -0.3 is 13.9 Å². The Morgan fingerprint density at radius 3 is 2.90 bits per heavy atom. The van der Waals surface area contributed by atoms with E-state index >= 15 is 0 Å². The fourth-order valence-electron chi connectivity index (χ4n) is 4.88. The Bertz CT molecular complexity index is 1100. The first kappa shape index (κ1) is 19.8. The molecule has 3 heterocycles. The van der Waals surface area contributed by atoms with Gasteiger partial charge in [0, 0.05) is 37.3 Å². The van der Waals surface area contributed by atoms with Crippen LogP contribution in [0.5, 0.6) is 0 Å². The van der Waals surface area contributed by atoms with E-state index in [1.807, 2.05) is 37.6 Å². The molecule has 8 heteroatoms. The molecule has 158 valence electrons. The van der Waals surface area contributed by atoms with Gasteiger partial charge in [0.15, 0.2) is 17.3 Å². The van der Waals surface area contributed by atoms with Crippen LogP contribution in [0.15, 0.2) is 34.2 Å². The van der Waals surface area contributed by atoms with Gasteiger partial charge in [-0.2, -0.15) is 0 Å². The number of aryl methyl sites for hydroxylation is 2. The second-order valence-electron chi connectivity index (χ2n) is 8.80. The highest BCUT2D eigenvalue weighted by molar-refractivity contribution is 7.99. The maximum atomic E-state index is 14.6. The van der Waals surface area contributed by atoms with Gasteiger partial charge in [0.2, 0.25) is 5.82 Å². The Kier molecular flexibility index (Phi) is 4.74. The van der Waals surface area contributed by atoms with Crippen molar-refractivity contribution >= 4 is 11.8 Å². The van der Waals surface area contributed by atoms with E-state index in [4.69, 9.17) is 4.42 Å². The first-order valence-electron chi connectivity index (χ1n) is 10.3. The number of benzene rings is 1. The molecular weight excluding hydrogens is 401 g/mol. The second kappa shape index (κ2) is 7.20. The first-order chi connectivity index (χ1) is 14.4. The molecule has 1 aliphatic carbocycles. The molecule has 2 aromatic heterocycles. The average Bonchev–Trinajstić information content (AvgIpc) is 2.98. The number of hydrogen-bond donors (Lipinski definition) is 0. The van der Waals surface area contributed by atoms with Gasteiger partial charge >= 0.3 is 0 Å². The SMILES string of the molecule is Cc1ccc(C23CC2CN(CC(C)Sc2nnc(-c4ocnc4C)n2C)C3)c(F)c1. The second-order valence-corrected chi connectivity index (χ2v) is 10.2. The van der Waals surface area contributed by atoms with Crippen molar-refractivity contribution in [3.8, 4) is 11.6 Å². The van der Waals surface area contributed by atoms with Crippen LogP contribution in [0.3, 0.4) is 0 Å². The molecule has 0 amide bonds. The number of fused-ring (bicyclic) bond motifs is 1. The van der Waals surface area contributed by atoms with Crippen molar-refractivity contribution in [2.24, 2.45) is 13.0 Å². The van der Waals surface area contributed by atoms with Crippen LogP contribution >= 0.6 is 11.8 Å². The largest absolute Gasteiger partial charge is 0.440 e. The molecule has 3 aromatic rings. The predicted octanol–water partition coefficient (Wildman–Crippen LogP) is 3.98. The van der Waals surface area contributed by atoms with Gasteiger partial charge in [-0.3, -0.25) is 0 Å². The third-order valence-corrected chi connectivity index (χ3v) is 7.60. The lowest BCUT2D eigenvalue weighted by molar-refractivity contribution is 0.301. The van der Waals surface area contributed by atoms with Gasteiger partial charge in [-0.1, -0.05) is 30.8 Å². The molecule has 1 saturated heterocycles. The number of aromatic nitrogens is 4. The van der Waals surface area contributed by atoms with Crippen LogP contribution < -0.4 is 0 Å². The minimum Gasteiger partial charge on any atom is -0.440 e. The minimum atomic E-state index is -0.0453. The Balaban J connectivity index is 1.24. The Morgan fingerprint density at radius 2 is 2.17 bits per heavy atom. The van der Waals surface area contributed by atoms with Gasteiger partial charge in [0.1, 0.15) is 5.82 Å². The van der Waals surface area contributed by atoms with Crippen LogP contribution in [-0.4, -0.2) is 49.5 Å². The summed E-state index contributed by atoms with van der Waals surface area (Å²) in [6.07, 6.45) is 2.54. The maximum Gasteiger partial charge on any atom is 0.202 e. The summed E-state index contributed by atoms with van der Waals surface area (Å²) in [5, 5.41) is 9.85. The molecular formula is C22H26FN5OS. The maximum absolute atomic E-state index is 14.6. The van der Waals surface area contributed by atoms with Crippen LogP contribution in [0.25, 0.3) is 11.6 Å². The fourth-order valence-corrected chi connectivity index (χ4v) is 5.86. The molecule has 3 atom stereocenters. The molecule has 1 aliphatic heterocycles. The number of halogens is 1. The molecule has 0 N–H and O–H groups in total. The van der Waals surface area contributed by atoms with Crippen molar-refractivity contribution in [1.82, 2.24) is 24.6 Å². The summed E-state index contributed by atoms with van der Waals surface area (Å²) < 4.78 is 22.0. The third-order valence-electron chi connectivity index (χ3n) is 6.48. The number of nitrogens with zero attached hydrogens (tertiary/aromatic N) is 5. The van der Waals surface area contributed by atoms with Gasteiger partial charge in [-0.25, -0.2) is 9.37 Å². The van der Waals surface area contributed by atoms with Crippen LogP contribution in [0.1, 0.15) is 30.2 Å².